The molecule has 0 aromatic heterocycles. The SMILES string of the molecule is COc1ccc(Br)cc1/C=C/C(=O)N1CCN(C(=O)C2CC2)CC1. The van der Waals surface area contributed by atoms with Crippen LogP contribution in [-0.4, -0.2) is 54.9 Å². The number of nitrogens with zero attached hydrogens (tertiary/aromatic N) is 2. The van der Waals surface area contributed by atoms with Gasteiger partial charge in [0.15, 0.2) is 0 Å². The van der Waals surface area contributed by atoms with Crippen molar-refractivity contribution < 1.29 is 14.3 Å². The molecule has 24 heavy (non-hydrogen) atoms. The number of benzene rings is 1. The number of piperazine rings is 1. The highest BCUT2D eigenvalue weighted by Crippen LogP contribution is 2.31. The Morgan fingerprint density at radius 1 is 1.17 bits per heavy atom. The van der Waals surface area contributed by atoms with E-state index in [1.165, 1.54) is 0 Å². The Labute approximate surface area is 150 Å². The second kappa shape index (κ2) is 7.38. The van der Waals surface area contributed by atoms with Crippen molar-refractivity contribution >= 4 is 33.8 Å². The Morgan fingerprint density at radius 2 is 1.83 bits per heavy atom. The molecule has 1 saturated heterocycles. The van der Waals surface area contributed by atoms with Crippen LogP contribution in [0.25, 0.3) is 6.08 Å². The Morgan fingerprint density at radius 3 is 2.46 bits per heavy atom. The molecule has 1 aromatic rings. The van der Waals surface area contributed by atoms with Gasteiger partial charge in [0, 0.05) is 48.2 Å². The maximum atomic E-state index is 12.4. The summed E-state index contributed by atoms with van der Waals surface area (Å²) < 4.78 is 6.24. The van der Waals surface area contributed by atoms with Crippen LogP contribution in [0, 0.1) is 5.92 Å². The average molecular weight is 393 g/mol. The lowest BCUT2D eigenvalue weighted by Crippen LogP contribution is -2.50. The lowest BCUT2D eigenvalue weighted by molar-refractivity contribution is -0.138. The fourth-order valence-electron chi connectivity index (χ4n) is 2.84. The summed E-state index contributed by atoms with van der Waals surface area (Å²) in [4.78, 5) is 28.1. The van der Waals surface area contributed by atoms with Gasteiger partial charge in [0.2, 0.25) is 11.8 Å². The lowest BCUT2D eigenvalue weighted by atomic mass is 10.2. The van der Waals surface area contributed by atoms with Crippen molar-refractivity contribution in [2.24, 2.45) is 5.92 Å². The molecule has 0 spiro atoms. The maximum absolute atomic E-state index is 12.4. The number of hydrogen-bond acceptors (Lipinski definition) is 3. The fourth-order valence-corrected chi connectivity index (χ4v) is 3.22. The van der Waals surface area contributed by atoms with E-state index < -0.39 is 0 Å². The molecular formula is C18H21BrN2O3. The molecule has 1 heterocycles. The van der Waals surface area contributed by atoms with Crippen molar-refractivity contribution in [2.45, 2.75) is 12.8 Å². The van der Waals surface area contributed by atoms with Gasteiger partial charge in [-0.2, -0.15) is 0 Å². The number of ether oxygens (including phenoxy) is 1. The van der Waals surface area contributed by atoms with Crippen LogP contribution in [0.1, 0.15) is 18.4 Å². The third-order valence-corrected chi connectivity index (χ3v) is 4.92. The fraction of sp³-hybridized carbons (Fsp3) is 0.444. The van der Waals surface area contributed by atoms with Gasteiger partial charge >= 0.3 is 0 Å². The second-order valence-corrected chi connectivity index (χ2v) is 7.06. The molecule has 1 aromatic carbocycles. The summed E-state index contributed by atoms with van der Waals surface area (Å²) in [5.41, 5.74) is 0.850. The van der Waals surface area contributed by atoms with Crippen LogP contribution in [-0.2, 0) is 9.59 Å². The summed E-state index contributed by atoms with van der Waals surface area (Å²) >= 11 is 3.42. The summed E-state index contributed by atoms with van der Waals surface area (Å²) in [5.74, 6) is 1.20. The first-order chi connectivity index (χ1) is 11.6. The Balaban J connectivity index is 1.57. The van der Waals surface area contributed by atoms with E-state index in [9.17, 15) is 9.59 Å². The van der Waals surface area contributed by atoms with Crippen molar-refractivity contribution in [3.8, 4) is 5.75 Å². The Hall–Kier alpha value is -1.82. The van der Waals surface area contributed by atoms with Crippen molar-refractivity contribution in [1.82, 2.24) is 9.80 Å². The number of halogens is 1. The molecule has 3 rings (SSSR count). The van der Waals surface area contributed by atoms with E-state index in [0.29, 0.717) is 26.2 Å². The zero-order valence-corrected chi connectivity index (χ0v) is 15.3. The molecule has 0 bridgehead atoms. The summed E-state index contributed by atoms with van der Waals surface area (Å²) in [6, 6.07) is 5.67. The molecule has 2 aliphatic rings. The summed E-state index contributed by atoms with van der Waals surface area (Å²) in [6.07, 6.45) is 5.39. The van der Waals surface area contributed by atoms with Crippen LogP contribution < -0.4 is 4.74 Å². The van der Waals surface area contributed by atoms with Crippen molar-refractivity contribution in [3.05, 3.63) is 34.3 Å². The minimum absolute atomic E-state index is 0.0319. The first-order valence-corrected chi connectivity index (χ1v) is 8.97. The third-order valence-electron chi connectivity index (χ3n) is 4.43. The van der Waals surface area contributed by atoms with E-state index in [-0.39, 0.29) is 17.7 Å². The minimum Gasteiger partial charge on any atom is -0.496 e. The van der Waals surface area contributed by atoms with Crippen LogP contribution in [0.15, 0.2) is 28.7 Å². The van der Waals surface area contributed by atoms with Gasteiger partial charge in [0.1, 0.15) is 5.75 Å². The average Bonchev–Trinajstić information content (AvgIpc) is 3.44. The summed E-state index contributed by atoms with van der Waals surface area (Å²) in [5, 5.41) is 0. The Bertz CT molecular complexity index is 662. The van der Waals surface area contributed by atoms with Gasteiger partial charge < -0.3 is 14.5 Å². The molecule has 1 aliphatic carbocycles. The monoisotopic (exact) mass is 392 g/mol. The number of rotatable bonds is 4. The molecule has 2 amide bonds. The van der Waals surface area contributed by atoms with E-state index in [1.54, 1.807) is 24.2 Å². The topological polar surface area (TPSA) is 49.9 Å². The zero-order valence-electron chi connectivity index (χ0n) is 13.7. The maximum Gasteiger partial charge on any atom is 0.246 e. The summed E-state index contributed by atoms with van der Waals surface area (Å²) in [6.45, 7) is 2.46. The lowest BCUT2D eigenvalue weighted by Gasteiger charge is -2.34. The molecule has 6 heteroatoms. The molecule has 2 fully saturated rings. The smallest absolute Gasteiger partial charge is 0.246 e. The first-order valence-electron chi connectivity index (χ1n) is 8.18. The van der Waals surface area contributed by atoms with Gasteiger partial charge in [0.05, 0.1) is 7.11 Å². The van der Waals surface area contributed by atoms with Crippen molar-refractivity contribution in [2.75, 3.05) is 33.3 Å². The highest BCUT2D eigenvalue weighted by atomic mass is 79.9. The van der Waals surface area contributed by atoms with E-state index in [2.05, 4.69) is 15.9 Å². The van der Waals surface area contributed by atoms with Crippen LogP contribution in [0.2, 0.25) is 0 Å². The van der Waals surface area contributed by atoms with Gasteiger partial charge in [-0.3, -0.25) is 9.59 Å². The predicted octanol–water partition coefficient (Wildman–Crippen LogP) is 2.55. The van der Waals surface area contributed by atoms with Crippen molar-refractivity contribution in [3.63, 3.8) is 0 Å². The highest BCUT2D eigenvalue weighted by Gasteiger charge is 2.34. The van der Waals surface area contributed by atoms with E-state index in [4.69, 9.17) is 4.74 Å². The molecule has 0 unspecified atom stereocenters. The molecule has 0 N–H and O–H groups in total. The molecule has 1 saturated carbocycles. The predicted molar refractivity (Wildman–Crippen MR) is 95.6 cm³/mol. The third kappa shape index (κ3) is 3.98. The largest absolute Gasteiger partial charge is 0.496 e. The van der Waals surface area contributed by atoms with Crippen LogP contribution in [0.3, 0.4) is 0 Å². The number of hydrogen-bond donors (Lipinski definition) is 0. The van der Waals surface area contributed by atoms with Crippen LogP contribution in [0.4, 0.5) is 0 Å². The molecule has 128 valence electrons. The van der Waals surface area contributed by atoms with Crippen LogP contribution in [0.5, 0.6) is 5.75 Å². The van der Waals surface area contributed by atoms with E-state index in [1.807, 2.05) is 23.1 Å². The van der Waals surface area contributed by atoms with Gasteiger partial charge in [-0.25, -0.2) is 0 Å². The molecular weight excluding hydrogens is 372 g/mol. The van der Waals surface area contributed by atoms with E-state index >= 15 is 0 Å². The molecule has 0 radical (unpaired) electrons. The number of carbonyl (C=O) groups excluding carboxylic acids is 2. The quantitative estimate of drug-likeness (QED) is 0.739. The Kier molecular flexibility index (Phi) is 5.23. The molecule has 5 nitrogen and oxygen atoms in total. The number of carbonyl (C=O) groups is 2. The zero-order chi connectivity index (χ0) is 17.1. The van der Waals surface area contributed by atoms with Crippen molar-refractivity contribution in [1.29, 1.82) is 0 Å². The van der Waals surface area contributed by atoms with Gasteiger partial charge in [-0.05, 0) is 37.1 Å². The van der Waals surface area contributed by atoms with E-state index in [0.717, 1.165) is 28.6 Å². The molecule has 1 aliphatic heterocycles. The highest BCUT2D eigenvalue weighted by molar-refractivity contribution is 9.10. The standard InChI is InChI=1S/C18H21BrN2O3/c1-24-16-6-5-15(19)12-14(16)4-7-17(22)20-8-10-21(11-9-20)18(23)13-2-3-13/h4-7,12-13H,2-3,8-11H2,1H3/b7-4+. The normalized spacial score (nSPS) is 18.1. The summed E-state index contributed by atoms with van der Waals surface area (Å²) in [7, 11) is 1.61. The van der Waals surface area contributed by atoms with Gasteiger partial charge in [-0.1, -0.05) is 15.9 Å². The number of amides is 2. The van der Waals surface area contributed by atoms with Gasteiger partial charge in [-0.15, -0.1) is 0 Å². The molecule has 0 atom stereocenters. The minimum atomic E-state index is -0.0319. The first kappa shape index (κ1) is 17.0. The van der Waals surface area contributed by atoms with Crippen LogP contribution >= 0.6 is 15.9 Å². The number of methoxy groups -OCH3 is 1. The second-order valence-electron chi connectivity index (χ2n) is 6.14. The van der Waals surface area contributed by atoms with Gasteiger partial charge in [0.25, 0.3) is 0 Å².